The molecule has 1 saturated heterocycles. The highest BCUT2D eigenvalue weighted by atomic mass is 32.1. The number of aliphatic hydroxyl groups is 2. The number of hydrogen-bond donors (Lipinski definition) is 9. The van der Waals surface area contributed by atoms with Gasteiger partial charge in [-0.15, -0.1) is 0 Å². The minimum absolute atomic E-state index is 0.0708. The van der Waals surface area contributed by atoms with Crippen molar-refractivity contribution in [2.75, 3.05) is 44.6 Å². The van der Waals surface area contributed by atoms with Gasteiger partial charge in [0.05, 0.1) is 61.9 Å². The van der Waals surface area contributed by atoms with Crippen LogP contribution in [0.25, 0.3) is 10.9 Å². The lowest BCUT2D eigenvalue weighted by Gasteiger charge is -2.36. The lowest BCUT2D eigenvalue weighted by Crippen LogP contribution is -2.43. The first-order valence-electron chi connectivity index (χ1n) is 22.5. The Bertz CT molecular complexity index is 2980. The van der Waals surface area contributed by atoms with Crippen molar-refractivity contribution < 1.29 is 67.4 Å². The summed E-state index contributed by atoms with van der Waals surface area (Å²) in [6, 6.07) is 20.5. The van der Waals surface area contributed by atoms with E-state index in [2.05, 4.69) is 31.6 Å². The molecule has 4 heterocycles. The van der Waals surface area contributed by atoms with Gasteiger partial charge in [-0.3, -0.25) is 24.2 Å². The van der Waals surface area contributed by atoms with Crippen molar-refractivity contribution in [1.82, 2.24) is 31.2 Å². The minimum Gasteiger partial charge on any atom is -0.508 e. The van der Waals surface area contributed by atoms with E-state index < -0.39 is 78.9 Å². The van der Waals surface area contributed by atoms with Crippen LogP contribution in [-0.4, -0.2) is 129 Å². The van der Waals surface area contributed by atoms with E-state index in [0.29, 0.717) is 45.5 Å². The Labute approximate surface area is 413 Å². The molecule has 374 valence electrons. The number of alkyl halides is 2. The number of nitriles is 1. The lowest BCUT2D eigenvalue weighted by molar-refractivity contribution is -0.131. The molecule has 0 radical (unpaired) electrons. The van der Waals surface area contributed by atoms with Gasteiger partial charge in [0.2, 0.25) is 17.7 Å². The highest BCUT2D eigenvalue weighted by Crippen LogP contribution is 2.57. The fourth-order valence-electron chi connectivity index (χ4n) is 8.61. The maximum Gasteiger partial charge on any atom is 0.340 e. The highest BCUT2D eigenvalue weighted by molar-refractivity contribution is 7.80. The summed E-state index contributed by atoms with van der Waals surface area (Å²) in [5.41, 5.74) is 1.08. The van der Waals surface area contributed by atoms with Crippen LogP contribution in [0.2, 0.25) is 0 Å². The molecule has 1 aromatic heterocycles. The third kappa shape index (κ3) is 10.9. The van der Waals surface area contributed by atoms with E-state index in [0.717, 1.165) is 4.90 Å². The van der Waals surface area contributed by atoms with Gasteiger partial charge in [0.1, 0.15) is 40.3 Å². The second kappa shape index (κ2) is 21.0. The zero-order chi connectivity index (χ0) is 51.3. The van der Waals surface area contributed by atoms with Gasteiger partial charge in [-0.05, 0) is 67.2 Å². The molecule has 3 aliphatic rings. The topological polar surface area (TPSA) is 294 Å². The van der Waals surface area contributed by atoms with Crippen LogP contribution < -0.4 is 36.1 Å². The van der Waals surface area contributed by atoms with Crippen molar-refractivity contribution in [1.29, 1.82) is 5.26 Å². The first kappa shape index (κ1) is 50.2. The Balaban J connectivity index is 0.729. The maximum atomic E-state index is 13.8. The fourth-order valence-corrected chi connectivity index (χ4v) is 8.81. The van der Waals surface area contributed by atoms with Crippen LogP contribution in [0, 0.1) is 11.3 Å². The molecule has 9 N–H and O–H groups in total. The summed E-state index contributed by atoms with van der Waals surface area (Å²) in [5.74, 6) is -5.75. The molecule has 8 rings (SSSR count). The van der Waals surface area contributed by atoms with Gasteiger partial charge < -0.3 is 66.1 Å². The number of hydrogen-bond acceptors (Lipinski definition) is 15. The number of aromatic hydroxyl groups is 2. The summed E-state index contributed by atoms with van der Waals surface area (Å²) in [4.78, 5) is 69.2. The molecule has 4 amide bonds. The number of pyridine rings is 1. The number of anilines is 1. The van der Waals surface area contributed by atoms with E-state index in [1.807, 2.05) is 0 Å². The summed E-state index contributed by atoms with van der Waals surface area (Å²) < 4.78 is 45.6. The predicted octanol–water partition coefficient (Wildman–Crippen LogP) is 3.19. The van der Waals surface area contributed by atoms with Crippen LogP contribution in [-0.2, 0) is 24.7 Å². The largest absolute Gasteiger partial charge is 0.508 e. The van der Waals surface area contributed by atoms with Crippen LogP contribution in [0.3, 0.4) is 0 Å². The number of phenolic OH excluding ortho intramolecular Hbond substituents is 2. The number of carbonyl (C=O) groups excluding carboxylic acids is 5. The zero-order valence-electron chi connectivity index (χ0n) is 37.9. The molecule has 23 heteroatoms. The highest BCUT2D eigenvalue weighted by Gasteiger charge is 2.54. The van der Waals surface area contributed by atoms with E-state index in [4.69, 9.17) is 26.4 Å². The average molecular weight is 1010 g/mol. The Morgan fingerprint density at radius 2 is 1.56 bits per heavy atom. The predicted molar refractivity (Wildman–Crippen MR) is 254 cm³/mol. The van der Waals surface area contributed by atoms with Gasteiger partial charge in [-0.2, -0.15) is 5.26 Å². The van der Waals surface area contributed by atoms with Gasteiger partial charge in [-0.1, -0.05) is 18.2 Å². The average Bonchev–Trinajstić information content (AvgIpc) is 3.82. The molecule has 3 atom stereocenters. The molecule has 1 fully saturated rings. The maximum absolute atomic E-state index is 13.8. The number of rotatable bonds is 17. The Hall–Kier alpha value is -8.20. The van der Waals surface area contributed by atoms with Crippen molar-refractivity contribution in [3.63, 3.8) is 0 Å². The van der Waals surface area contributed by atoms with Crippen LogP contribution >= 0.6 is 12.2 Å². The summed E-state index contributed by atoms with van der Waals surface area (Å²) in [6.07, 6.45) is -2.19. The van der Waals surface area contributed by atoms with Crippen molar-refractivity contribution in [2.24, 2.45) is 0 Å². The van der Waals surface area contributed by atoms with Crippen molar-refractivity contribution >= 4 is 63.5 Å². The Kier molecular flexibility index (Phi) is 14.7. The van der Waals surface area contributed by atoms with Gasteiger partial charge in [-0.25, -0.2) is 13.6 Å². The van der Waals surface area contributed by atoms with E-state index >= 15 is 0 Å². The number of amides is 4. The molecular weight excluding hydrogens is 963 g/mol. The first-order chi connectivity index (χ1) is 34.4. The molecule has 0 saturated carbocycles. The number of aromatic nitrogens is 1. The lowest BCUT2D eigenvalue weighted by atomic mass is 9.77. The molecule has 72 heavy (non-hydrogen) atoms. The number of benzene rings is 4. The number of esters is 1. The molecule has 4 aromatic carbocycles. The molecule has 1 spiro atoms. The first-order valence-corrected chi connectivity index (χ1v) is 22.9. The van der Waals surface area contributed by atoms with Gasteiger partial charge in [0.15, 0.2) is 10.7 Å². The second-order valence-electron chi connectivity index (χ2n) is 17.1. The minimum atomic E-state index is -3.19. The van der Waals surface area contributed by atoms with Crippen LogP contribution in [0.15, 0.2) is 85.1 Å². The number of fused-ring (bicyclic) bond motifs is 7. The molecule has 2 unspecified atom stereocenters. The summed E-state index contributed by atoms with van der Waals surface area (Å²) >= 11 is 5.39. The number of nitrogens with zero attached hydrogens (tertiary/aromatic N) is 3. The summed E-state index contributed by atoms with van der Waals surface area (Å²) in [5, 5.41) is 64.2. The molecule has 0 bridgehead atoms. The number of carbonyl (C=O) groups is 5. The van der Waals surface area contributed by atoms with Crippen LogP contribution in [0.4, 0.5) is 14.5 Å². The number of halogens is 2. The van der Waals surface area contributed by atoms with E-state index in [-0.39, 0.29) is 78.3 Å². The Morgan fingerprint density at radius 1 is 0.889 bits per heavy atom. The monoisotopic (exact) mass is 1010 g/mol. The van der Waals surface area contributed by atoms with Crippen molar-refractivity contribution in [2.45, 2.75) is 55.5 Å². The molecule has 0 aliphatic carbocycles. The molecule has 3 aliphatic heterocycles. The number of aliphatic hydroxyl groups excluding tert-OH is 2. The summed E-state index contributed by atoms with van der Waals surface area (Å²) in [6.45, 7) is -1.62. The van der Waals surface area contributed by atoms with Crippen molar-refractivity contribution in [3.8, 4) is 34.8 Å². The van der Waals surface area contributed by atoms with Gasteiger partial charge in [0, 0.05) is 72.1 Å². The Morgan fingerprint density at radius 3 is 2.25 bits per heavy atom. The smallest absolute Gasteiger partial charge is 0.340 e. The number of phenols is 2. The number of para-hydroxylation sites is 1. The molecular formula is C49H46F2N8O12S. The number of nitrogens with one attached hydrogen (secondary N) is 5. The quantitative estimate of drug-likeness (QED) is 0.0367. The number of thiocarbonyl (C=S) groups is 1. The second-order valence-corrected chi connectivity index (χ2v) is 17.5. The van der Waals surface area contributed by atoms with Gasteiger partial charge >= 0.3 is 5.97 Å². The molecule has 5 aromatic rings. The number of likely N-dealkylation sites (tertiary alicyclic amines) is 1. The van der Waals surface area contributed by atoms with E-state index in [1.54, 1.807) is 54.6 Å². The van der Waals surface area contributed by atoms with Gasteiger partial charge in [0.25, 0.3) is 11.8 Å². The van der Waals surface area contributed by atoms with Crippen LogP contribution in [0.5, 0.6) is 28.7 Å². The van der Waals surface area contributed by atoms with Crippen molar-refractivity contribution in [3.05, 3.63) is 113 Å². The third-order valence-electron chi connectivity index (χ3n) is 11.9. The SMILES string of the molecule is N#C[C@@H]1CC(F)(F)CN1C(=O)CNC(=O)c1ccnc2c(OCCCNC(=O)CC(O)CNC(=O)CC(O)CNC(=S)Nc3ccc4c(c3)C(=O)OC43c4ccc(O)cc4Oc4cc(O)ccc43)cccc12. The number of ether oxygens (including phenoxy) is 3. The third-order valence-corrected chi connectivity index (χ3v) is 12.2. The standard InChI is InChI=1S/C49H46F2N8O12S/c50-48(51)20-27(21-52)59(25-48)43(66)24-56-45(67)33-11-13-54-44-32(33)3-1-4-38(44)69-14-2-12-53-41(64)18-30(62)22-55-42(65)19-31(63)23-57-47(72)58-26-5-8-35-34(15-26)46(68)71-49(35)36-9-6-28(60)16-39(36)70-40-17-29(61)7-10-37(40)49/h1,3-11,13,15-17,27,30-31,60-63H,2,12,14,18-20,22-25H2,(H,53,64)(H,55,65)(H,56,67)(H2,57,58,72)/t27-,30?,31?/m0/s1. The normalized spacial score (nSPS) is 16.4. The molecule has 20 nitrogen and oxygen atoms in total. The van der Waals surface area contributed by atoms with Crippen LogP contribution in [0.1, 0.15) is 63.1 Å². The zero-order valence-corrected chi connectivity index (χ0v) is 38.8. The van der Waals surface area contributed by atoms with E-state index in [9.17, 15) is 58.4 Å². The summed E-state index contributed by atoms with van der Waals surface area (Å²) in [7, 11) is 0. The fraction of sp³-hybridized carbons (Fsp3) is 0.306. The van der Waals surface area contributed by atoms with E-state index in [1.165, 1.54) is 36.5 Å².